The number of thiol groups is 1. The van der Waals surface area contributed by atoms with Gasteiger partial charge in [-0.1, -0.05) is 18.2 Å². The quantitative estimate of drug-likeness (QED) is 0.467. The summed E-state index contributed by atoms with van der Waals surface area (Å²) >= 11 is 4.29. The van der Waals surface area contributed by atoms with Crippen LogP contribution in [0, 0.1) is 0 Å². The molecule has 0 aliphatic heterocycles. The fourth-order valence-corrected chi connectivity index (χ4v) is 2.48. The second-order valence-electron chi connectivity index (χ2n) is 5.63. The first kappa shape index (κ1) is 16.7. The van der Waals surface area contributed by atoms with E-state index in [-0.39, 0.29) is 11.5 Å². The van der Waals surface area contributed by atoms with Gasteiger partial charge in [0, 0.05) is 10.9 Å². The fraction of sp³-hybridized carbons (Fsp3) is 0.333. The molecule has 0 saturated carbocycles. The lowest BCUT2D eigenvalue weighted by atomic mass is 10.1. The van der Waals surface area contributed by atoms with Crippen molar-refractivity contribution in [2.45, 2.75) is 37.1 Å². The Labute approximate surface area is 137 Å². The Morgan fingerprint density at radius 3 is 2.32 bits per heavy atom. The van der Waals surface area contributed by atoms with Crippen LogP contribution in [0.25, 0.3) is 0 Å². The second kappa shape index (κ2) is 8.11. The van der Waals surface area contributed by atoms with E-state index in [4.69, 9.17) is 0 Å². The SMILES string of the molecule is CC(CCc1ccc(S)cc1)NCCc1ccc(O)c(O)c1. The highest BCUT2D eigenvalue weighted by Crippen LogP contribution is 2.24. The van der Waals surface area contributed by atoms with Gasteiger partial charge < -0.3 is 15.5 Å². The van der Waals surface area contributed by atoms with Crippen molar-refractivity contribution in [3.05, 3.63) is 53.6 Å². The topological polar surface area (TPSA) is 52.5 Å². The molecule has 0 bridgehead atoms. The van der Waals surface area contributed by atoms with Gasteiger partial charge in [0.25, 0.3) is 0 Å². The number of hydrogen-bond donors (Lipinski definition) is 4. The molecule has 1 unspecified atom stereocenters. The molecular formula is C18H23NO2S. The van der Waals surface area contributed by atoms with Gasteiger partial charge >= 0.3 is 0 Å². The molecule has 0 aliphatic rings. The summed E-state index contributed by atoms with van der Waals surface area (Å²) in [6.07, 6.45) is 2.95. The van der Waals surface area contributed by atoms with Crippen LogP contribution in [0.3, 0.4) is 0 Å². The van der Waals surface area contributed by atoms with Gasteiger partial charge in [-0.2, -0.15) is 0 Å². The smallest absolute Gasteiger partial charge is 0.157 e. The highest BCUT2D eigenvalue weighted by Gasteiger charge is 2.04. The molecule has 0 fully saturated rings. The van der Waals surface area contributed by atoms with Crippen LogP contribution in [0.5, 0.6) is 11.5 Å². The summed E-state index contributed by atoms with van der Waals surface area (Å²) in [5.41, 5.74) is 2.34. The summed E-state index contributed by atoms with van der Waals surface area (Å²) in [4.78, 5) is 0.993. The van der Waals surface area contributed by atoms with Crippen LogP contribution in [0.4, 0.5) is 0 Å². The molecule has 0 amide bonds. The van der Waals surface area contributed by atoms with Gasteiger partial charge in [-0.3, -0.25) is 0 Å². The summed E-state index contributed by atoms with van der Waals surface area (Å²) < 4.78 is 0. The van der Waals surface area contributed by atoms with Crippen LogP contribution < -0.4 is 5.32 Å². The number of nitrogens with one attached hydrogen (secondary N) is 1. The first-order valence-electron chi connectivity index (χ1n) is 7.57. The largest absolute Gasteiger partial charge is 0.504 e. The Hall–Kier alpha value is -1.65. The van der Waals surface area contributed by atoms with E-state index in [1.54, 1.807) is 6.07 Å². The Bertz CT molecular complexity index is 599. The van der Waals surface area contributed by atoms with E-state index in [9.17, 15) is 10.2 Å². The van der Waals surface area contributed by atoms with Crippen LogP contribution in [-0.2, 0) is 12.8 Å². The lowest BCUT2D eigenvalue weighted by Crippen LogP contribution is -2.28. The minimum Gasteiger partial charge on any atom is -0.504 e. The minimum atomic E-state index is -0.0719. The van der Waals surface area contributed by atoms with Crippen molar-refractivity contribution in [1.82, 2.24) is 5.32 Å². The summed E-state index contributed by atoms with van der Waals surface area (Å²) in [5.74, 6) is -0.129. The standard InChI is InChI=1S/C18H23NO2S/c1-13(2-3-14-4-7-16(22)8-5-14)19-11-10-15-6-9-17(20)18(21)12-15/h4-9,12-13,19-22H,2-3,10-11H2,1H3. The van der Waals surface area contributed by atoms with Crippen LogP contribution in [0.2, 0.25) is 0 Å². The normalized spacial score (nSPS) is 12.3. The number of rotatable bonds is 7. The Morgan fingerprint density at radius 1 is 0.955 bits per heavy atom. The van der Waals surface area contributed by atoms with E-state index >= 15 is 0 Å². The molecule has 0 aliphatic carbocycles. The first-order chi connectivity index (χ1) is 10.5. The zero-order valence-electron chi connectivity index (χ0n) is 12.8. The minimum absolute atomic E-state index is 0.0572. The number of hydrogen-bond acceptors (Lipinski definition) is 4. The Kier molecular flexibility index (Phi) is 6.16. The van der Waals surface area contributed by atoms with Crippen molar-refractivity contribution in [2.24, 2.45) is 0 Å². The number of aryl methyl sites for hydroxylation is 1. The average molecular weight is 317 g/mol. The molecule has 2 aromatic rings. The Balaban J connectivity index is 1.70. The first-order valence-corrected chi connectivity index (χ1v) is 8.01. The van der Waals surface area contributed by atoms with Crippen molar-refractivity contribution in [1.29, 1.82) is 0 Å². The lowest BCUT2D eigenvalue weighted by molar-refractivity contribution is 0.403. The average Bonchev–Trinajstić information content (AvgIpc) is 2.50. The highest BCUT2D eigenvalue weighted by molar-refractivity contribution is 7.80. The summed E-state index contributed by atoms with van der Waals surface area (Å²) in [6.45, 7) is 3.03. The third-order valence-corrected chi connectivity index (χ3v) is 4.05. The molecule has 2 aromatic carbocycles. The molecule has 3 nitrogen and oxygen atoms in total. The molecule has 0 heterocycles. The molecular weight excluding hydrogens is 294 g/mol. The maximum atomic E-state index is 9.46. The maximum Gasteiger partial charge on any atom is 0.157 e. The third-order valence-electron chi connectivity index (χ3n) is 3.75. The molecule has 1 atom stereocenters. The molecule has 4 heteroatoms. The van der Waals surface area contributed by atoms with Crippen LogP contribution >= 0.6 is 12.6 Å². The molecule has 118 valence electrons. The predicted molar refractivity (Wildman–Crippen MR) is 93.0 cm³/mol. The van der Waals surface area contributed by atoms with Gasteiger partial charge in [-0.05, 0) is 68.1 Å². The number of phenolic OH excluding ortho intramolecular Hbond substituents is 2. The monoisotopic (exact) mass is 317 g/mol. The molecule has 0 spiro atoms. The van der Waals surface area contributed by atoms with Gasteiger partial charge in [-0.15, -0.1) is 12.6 Å². The molecule has 0 radical (unpaired) electrons. The van der Waals surface area contributed by atoms with E-state index in [2.05, 4.69) is 37.0 Å². The summed E-state index contributed by atoms with van der Waals surface area (Å²) in [7, 11) is 0. The molecule has 0 aromatic heterocycles. The van der Waals surface area contributed by atoms with Gasteiger partial charge in [0.05, 0.1) is 0 Å². The van der Waals surface area contributed by atoms with Crippen LogP contribution in [-0.4, -0.2) is 22.8 Å². The molecule has 0 saturated heterocycles. The second-order valence-corrected chi connectivity index (χ2v) is 6.15. The predicted octanol–water partition coefficient (Wildman–Crippen LogP) is 3.54. The number of phenols is 2. The number of benzene rings is 2. The maximum absolute atomic E-state index is 9.46. The van der Waals surface area contributed by atoms with Gasteiger partial charge in [-0.25, -0.2) is 0 Å². The molecule has 22 heavy (non-hydrogen) atoms. The number of aromatic hydroxyl groups is 2. The van der Waals surface area contributed by atoms with Crippen LogP contribution in [0.15, 0.2) is 47.4 Å². The fourth-order valence-electron chi connectivity index (χ4n) is 2.34. The van der Waals surface area contributed by atoms with Crippen molar-refractivity contribution >= 4 is 12.6 Å². The van der Waals surface area contributed by atoms with E-state index in [0.717, 1.165) is 36.3 Å². The van der Waals surface area contributed by atoms with Crippen molar-refractivity contribution in [2.75, 3.05) is 6.54 Å². The van der Waals surface area contributed by atoms with Crippen molar-refractivity contribution < 1.29 is 10.2 Å². The van der Waals surface area contributed by atoms with E-state index in [1.165, 1.54) is 11.6 Å². The molecule has 3 N–H and O–H groups in total. The highest BCUT2D eigenvalue weighted by atomic mass is 32.1. The zero-order valence-corrected chi connectivity index (χ0v) is 13.7. The third kappa shape index (κ3) is 5.28. The Morgan fingerprint density at radius 2 is 1.64 bits per heavy atom. The van der Waals surface area contributed by atoms with Crippen molar-refractivity contribution in [3.8, 4) is 11.5 Å². The van der Waals surface area contributed by atoms with Gasteiger partial charge in [0.2, 0.25) is 0 Å². The summed E-state index contributed by atoms with van der Waals surface area (Å²) in [6, 6.07) is 13.7. The van der Waals surface area contributed by atoms with Crippen molar-refractivity contribution in [3.63, 3.8) is 0 Å². The van der Waals surface area contributed by atoms with Gasteiger partial charge in [0.15, 0.2) is 11.5 Å². The van der Waals surface area contributed by atoms with Crippen LogP contribution in [0.1, 0.15) is 24.5 Å². The van der Waals surface area contributed by atoms with E-state index < -0.39 is 0 Å². The summed E-state index contributed by atoms with van der Waals surface area (Å²) in [5, 5.41) is 22.2. The van der Waals surface area contributed by atoms with Gasteiger partial charge in [0.1, 0.15) is 0 Å². The van der Waals surface area contributed by atoms with E-state index in [1.807, 2.05) is 18.2 Å². The zero-order chi connectivity index (χ0) is 15.9. The molecule has 2 rings (SSSR count). The lowest BCUT2D eigenvalue weighted by Gasteiger charge is -2.14. The van der Waals surface area contributed by atoms with E-state index in [0.29, 0.717) is 6.04 Å².